The molecule has 0 spiro atoms. The number of rotatable bonds is 2. The van der Waals surface area contributed by atoms with E-state index in [4.69, 9.17) is 15.6 Å². The Morgan fingerprint density at radius 1 is 1.35 bits per heavy atom. The Kier molecular flexibility index (Phi) is 4.61. The molecule has 1 aromatic heterocycles. The van der Waals surface area contributed by atoms with E-state index >= 15 is 0 Å². The van der Waals surface area contributed by atoms with Gasteiger partial charge >= 0.3 is 5.69 Å². The van der Waals surface area contributed by atoms with Gasteiger partial charge in [0, 0.05) is 6.20 Å². The summed E-state index contributed by atoms with van der Waals surface area (Å²) in [6, 6.07) is 0. The van der Waals surface area contributed by atoms with Crippen LogP contribution in [-0.2, 0) is 4.74 Å². The average molecular weight is 399 g/mol. The Bertz CT molecular complexity index is 550. The number of nitrogens with two attached hydrogens (primary N) is 1. The maximum Gasteiger partial charge on any atom is 0.351 e. The molecule has 0 aliphatic carbocycles. The van der Waals surface area contributed by atoms with Gasteiger partial charge in [-0.05, 0) is 22.6 Å². The summed E-state index contributed by atoms with van der Waals surface area (Å²) in [6.45, 7) is -0.574. The Morgan fingerprint density at radius 3 is 2.60 bits per heavy atom. The molecular weight excluding hydrogens is 385 g/mol. The van der Waals surface area contributed by atoms with Crippen LogP contribution in [0.5, 0.6) is 0 Å². The normalized spacial score (nSPS) is 34.1. The summed E-state index contributed by atoms with van der Waals surface area (Å²) in [4.78, 5) is 15.3. The Hall–Kier alpha value is -0.790. The minimum absolute atomic E-state index is 0.0384. The predicted molar refractivity (Wildman–Crippen MR) is 74.6 cm³/mol. The zero-order valence-electron chi connectivity index (χ0n) is 10.1. The minimum Gasteiger partial charge on any atom is -0.394 e. The van der Waals surface area contributed by atoms with E-state index in [0.29, 0.717) is 3.57 Å². The second-order valence-corrected chi connectivity index (χ2v) is 5.55. The molecule has 0 saturated carbocycles. The molecule has 9 nitrogen and oxygen atoms in total. The van der Waals surface area contributed by atoms with E-state index in [1.54, 1.807) is 0 Å². The van der Waals surface area contributed by atoms with Gasteiger partial charge in [-0.25, -0.2) is 4.79 Å². The van der Waals surface area contributed by atoms with Gasteiger partial charge in [-0.1, -0.05) is 0 Å². The van der Waals surface area contributed by atoms with Gasteiger partial charge in [0.25, 0.3) is 0 Å². The van der Waals surface area contributed by atoms with E-state index in [1.165, 1.54) is 6.20 Å². The Labute approximate surface area is 126 Å². The van der Waals surface area contributed by atoms with Crippen molar-refractivity contribution in [2.24, 2.45) is 0 Å². The van der Waals surface area contributed by atoms with Gasteiger partial charge in [0.1, 0.15) is 30.2 Å². The molecule has 0 bridgehead atoms. The van der Waals surface area contributed by atoms with Crippen molar-refractivity contribution >= 4 is 28.4 Å². The second kappa shape index (κ2) is 5.91. The standard InChI is InChI=1S/C10H14IN3O6/c11-3-1-14(10(19)13-8(3)12)9-7(18)6(17)5(16)4(2-15)20-9/h1,4-7,9,15-18H,2H2,(H2,12,13,19)/t4-,5-,6+,7-,9-/m1/s1. The third-order valence-electron chi connectivity index (χ3n) is 3.08. The van der Waals surface area contributed by atoms with Crippen molar-refractivity contribution in [3.8, 4) is 0 Å². The quantitative estimate of drug-likeness (QED) is 0.340. The fraction of sp³-hybridized carbons (Fsp3) is 0.600. The molecule has 1 fully saturated rings. The molecule has 0 radical (unpaired) electrons. The van der Waals surface area contributed by atoms with E-state index in [1.807, 2.05) is 22.6 Å². The number of ether oxygens (including phenoxy) is 1. The lowest BCUT2D eigenvalue weighted by Crippen LogP contribution is -2.57. The fourth-order valence-corrected chi connectivity index (χ4v) is 2.37. The van der Waals surface area contributed by atoms with Gasteiger partial charge in [0.15, 0.2) is 6.23 Å². The van der Waals surface area contributed by atoms with Gasteiger partial charge in [-0.3, -0.25) is 4.57 Å². The zero-order chi connectivity index (χ0) is 15.0. The minimum atomic E-state index is -1.56. The summed E-state index contributed by atoms with van der Waals surface area (Å²) in [5.41, 5.74) is 4.72. The first-order valence-corrected chi connectivity index (χ1v) is 6.79. The first kappa shape index (κ1) is 15.6. The zero-order valence-corrected chi connectivity index (χ0v) is 12.3. The number of aliphatic hydroxyl groups excluding tert-OH is 4. The lowest BCUT2D eigenvalue weighted by atomic mass is 9.98. The topological polar surface area (TPSA) is 151 Å². The van der Waals surface area contributed by atoms with Crippen LogP contribution in [0.3, 0.4) is 0 Å². The number of aromatic nitrogens is 2. The molecule has 112 valence electrons. The molecule has 0 unspecified atom stereocenters. The molecule has 5 atom stereocenters. The molecule has 20 heavy (non-hydrogen) atoms. The fourth-order valence-electron chi connectivity index (χ4n) is 1.95. The van der Waals surface area contributed by atoms with E-state index in [2.05, 4.69) is 4.98 Å². The van der Waals surface area contributed by atoms with Crippen molar-refractivity contribution in [1.82, 2.24) is 9.55 Å². The third kappa shape index (κ3) is 2.66. The lowest BCUT2D eigenvalue weighted by Gasteiger charge is -2.40. The highest BCUT2D eigenvalue weighted by atomic mass is 127. The number of hydrogen-bond donors (Lipinski definition) is 5. The molecule has 6 N–H and O–H groups in total. The maximum atomic E-state index is 11.8. The van der Waals surface area contributed by atoms with Crippen LogP contribution in [0.4, 0.5) is 5.82 Å². The number of halogens is 1. The van der Waals surface area contributed by atoms with Gasteiger partial charge < -0.3 is 30.9 Å². The van der Waals surface area contributed by atoms with E-state index in [-0.39, 0.29) is 5.82 Å². The average Bonchev–Trinajstić information content (AvgIpc) is 2.41. The van der Waals surface area contributed by atoms with Crippen LogP contribution in [0.25, 0.3) is 0 Å². The monoisotopic (exact) mass is 399 g/mol. The molecule has 1 aliphatic heterocycles. The van der Waals surface area contributed by atoms with Crippen molar-refractivity contribution in [2.45, 2.75) is 30.6 Å². The summed E-state index contributed by atoms with van der Waals surface area (Å²) >= 11 is 1.85. The first-order chi connectivity index (χ1) is 9.36. The summed E-state index contributed by atoms with van der Waals surface area (Å²) < 4.78 is 6.68. The van der Waals surface area contributed by atoms with Crippen molar-refractivity contribution in [2.75, 3.05) is 12.3 Å². The third-order valence-corrected chi connectivity index (χ3v) is 3.91. The summed E-state index contributed by atoms with van der Waals surface area (Å²) in [5.74, 6) is 0.0384. The predicted octanol–water partition coefficient (Wildman–Crippen LogP) is -2.60. The Balaban J connectivity index is 2.41. The molecule has 10 heteroatoms. The van der Waals surface area contributed by atoms with E-state index in [0.717, 1.165) is 4.57 Å². The Morgan fingerprint density at radius 2 is 2.00 bits per heavy atom. The van der Waals surface area contributed by atoms with Crippen molar-refractivity contribution in [3.63, 3.8) is 0 Å². The first-order valence-electron chi connectivity index (χ1n) is 5.71. The van der Waals surface area contributed by atoms with Crippen LogP contribution in [0.2, 0.25) is 0 Å². The van der Waals surface area contributed by atoms with Crippen LogP contribution in [0.15, 0.2) is 11.0 Å². The smallest absolute Gasteiger partial charge is 0.351 e. The summed E-state index contributed by atoms with van der Waals surface area (Å²) in [7, 11) is 0. The highest BCUT2D eigenvalue weighted by Gasteiger charge is 2.44. The number of nitrogen functional groups attached to an aromatic ring is 1. The van der Waals surface area contributed by atoms with Crippen LogP contribution in [0.1, 0.15) is 6.23 Å². The molecule has 1 saturated heterocycles. The SMILES string of the molecule is Nc1nc(=O)n([C@@H]2O[C@H](CO)[C@@H](O)[C@H](O)[C@H]2O)cc1I. The van der Waals surface area contributed by atoms with Gasteiger partial charge in [0.05, 0.1) is 10.2 Å². The highest BCUT2D eigenvalue weighted by molar-refractivity contribution is 14.1. The number of hydrogen-bond acceptors (Lipinski definition) is 8. The summed E-state index contributed by atoms with van der Waals surface area (Å²) in [5, 5.41) is 38.4. The molecule has 0 aromatic carbocycles. The van der Waals surface area contributed by atoms with Crippen LogP contribution >= 0.6 is 22.6 Å². The molecular formula is C10H14IN3O6. The molecule has 1 aliphatic rings. The molecule has 0 amide bonds. The van der Waals surface area contributed by atoms with Crippen LogP contribution < -0.4 is 11.4 Å². The van der Waals surface area contributed by atoms with Gasteiger partial charge in [-0.15, -0.1) is 0 Å². The van der Waals surface area contributed by atoms with Gasteiger partial charge in [0.2, 0.25) is 0 Å². The van der Waals surface area contributed by atoms with Crippen LogP contribution in [-0.4, -0.2) is 61.0 Å². The van der Waals surface area contributed by atoms with Crippen molar-refractivity contribution in [3.05, 3.63) is 20.3 Å². The lowest BCUT2D eigenvalue weighted by molar-refractivity contribution is -0.252. The van der Waals surface area contributed by atoms with Crippen molar-refractivity contribution < 1.29 is 25.2 Å². The number of nitrogens with zero attached hydrogens (tertiary/aromatic N) is 2. The second-order valence-electron chi connectivity index (χ2n) is 4.38. The van der Waals surface area contributed by atoms with Crippen molar-refractivity contribution in [1.29, 1.82) is 0 Å². The van der Waals surface area contributed by atoms with E-state index in [9.17, 15) is 20.1 Å². The highest BCUT2D eigenvalue weighted by Crippen LogP contribution is 2.27. The number of aliphatic hydroxyl groups is 4. The maximum absolute atomic E-state index is 11.8. The van der Waals surface area contributed by atoms with Crippen LogP contribution in [0, 0.1) is 3.57 Å². The van der Waals surface area contributed by atoms with E-state index < -0.39 is 42.9 Å². The molecule has 1 aromatic rings. The largest absolute Gasteiger partial charge is 0.394 e. The molecule has 2 rings (SSSR count). The summed E-state index contributed by atoms with van der Waals surface area (Å²) in [6.07, 6.45) is -5.65. The molecule has 2 heterocycles. The van der Waals surface area contributed by atoms with Gasteiger partial charge in [-0.2, -0.15) is 4.98 Å². The number of anilines is 1.